The van der Waals surface area contributed by atoms with Gasteiger partial charge in [-0.3, -0.25) is 4.98 Å². The van der Waals surface area contributed by atoms with Crippen molar-refractivity contribution in [3.8, 4) is 5.75 Å². The van der Waals surface area contributed by atoms with E-state index in [1.54, 1.807) is 30.5 Å². The van der Waals surface area contributed by atoms with Crippen LogP contribution < -0.4 is 10.1 Å². The molecule has 1 aromatic heterocycles. The SMILES string of the molecule is O=S(=O)(CCO)c1cc(F)cc(OC[C@@H](O)CN[C@H]2COC3(CCN(S(=O)(=O)c4ccc5ncccc5c4)CC3)C2)c1. The van der Waals surface area contributed by atoms with E-state index in [1.807, 2.05) is 6.07 Å². The molecular formula is C28H34FN3O8S2. The van der Waals surface area contributed by atoms with Crippen LogP contribution in [0.4, 0.5) is 4.39 Å². The van der Waals surface area contributed by atoms with Crippen molar-refractivity contribution in [3.05, 3.63) is 60.5 Å². The van der Waals surface area contributed by atoms with Gasteiger partial charge in [-0.25, -0.2) is 21.2 Å². The van der Waals surface area contributed by atoms with Crippen molar-refractivity contribution in [3.63, 3.8) is 0 Å². The minimum absolute atomic E-state index is 0.0456. The van der Waals surface area contributed by atoms with Crippen LogP contribution in [0.1, 0.15) is 19.3 Å². The molecule has 0 bridgehead atoms. The van der Waals surface area contributed by atoms with E-state index in [9.17, 15) is 26.3 Å². The second-order valence-corrected chi connectivity index (χ2v) is 14.7. The molecule has 0 unspecified atom stereocenters. The molecule has 1 spiro atoms. The van der Waals surface area contributed by atoms with E-state index >= 15 is 0 Å². The largest absolute Gasteiger partial charge is 0.491 e. The third-order valence-electron chi connectivity index (χ3n) is 7.70. The third-order valence-corrected chi connectivity index (χ3v) is 11.3. The molecule has 3 aromatic rings. The number of fused-ring (bicyclic) bond motifs is 1. The van der Waals surface area contributed by atoms with Crippen LogP contribution in [0.3, 0.4) is 0 Å². The molecule has 14 heteroatoms. The van der Waals surface area contributed by atoms with Crippen molar-refractivity contribution in [2.75, 3.05) is 45.2 Å². The Morgan fingerprint density at radius 1 is 1.12 bits per heavy atom. The topological polar surface area (TPSA) is 155 Å². The van der Waals surface area contributed by atoms with Gasteiger partial charge in [0.2, 0.25) is 10.0 Å². The number of piperidine rings is 1. The highest BCUT2D eigenvalue weighted by molar-refractivity contribution is 7.91. The van der Waals surface area contributed by atoms with E-state index in [0.29, 0.717) is 39.0 Å². The molecule has 2 saturated heterocycles. The van der Waals surface area contributed by atoms with Gasteiger partial charge in [-0.15, -0.1) is 0 Å². The first-order valence-corrected chi connectivity index (χ1v) is 16.8. The number of halogens is 1. The summed E-state index contributed by atoms with van der Waals surface area (Å²) in [5.74, 6) is -1.39. The normalized spacial score (nSPS) is 20.2. The van der Waals surface area contributed by atoms with Gasteiger partial charge in [-0.2, -0.15) is 4.31 Å². The minimum Gasteiger partial charge on any atom is -0.491 e. The van der Waals surface area contributed by atoms with Crippen molar-refractivity contribution >= 4 is 30.8 Å². The molecule has 0 saturated carbocycles. The van der Waals surface area contributed by atoms with Gasteiger partial charge < -0.3 is 25.0 Å². The van der Waals surface area contributed by atoms with E-state index in [4.69, 9.17) is 14.6 Å². The Morgan fingerprint density at radius 3 is 2.67 bits per heavy atom. The number of pyridine rings is 1. The quantitative estimate of drug-likeness (QED) is 0.286. The maximum atomic E-state index is 13.9. The molecule has 0 radical (unpaired) electrons. The van der Waals surface area contributed by atoms with Crippen LogP contribution in [0.5, 0.6) is 5.75 Å². The number of rotatable bonds is 11. The van der Waals surface area contributed by atoms with Gasteiger partial charge >= 0.3 is 0 Å². The minimum atomic E-state index is -3.86. The van der Waals surface area contributed by atoms with Crippen LogP contribution >= 0.6 is 0 Å². The molecule has 42 heavy (non-hydrogen) atoms. The summed E-state index contributed by atoms with van der Waals surface area (Å²) in [5, 5.41) is 23.4. The second-order valence-electron chi connectivity index (χ2n) is 10.7. The second kappa shape index (κ2) is 12.5. The number of hydrogen-bond acceptors (Lipinski definition) is 10. The van der Waals surface area contributed by atoms with Crippen LogP contribution in [0, 0.1) is 5.82 Å². The molecule has 2 atom stereocenters. The highest BCUT2D eigenvalue weighted by Gasteiger charge is 2.44. The molecule has 2 aliphatic rings. The zero-order valence-corrected chi connectivity index (χ0v) is 24.5. The molecule has 2 aromatic carbocycles. The summed E-state index contributed by atoms with van der Waals surface area (Å²) in [4.78, 5) is 4.18. The molecular weight excluding hydrogens is 589 g/mol. The van der Waals surface area contributed by atoms with Crippen LogP contribution in [-0.2, 0) is 24.6 Å². The summed E-state index contributed by atoms with van der Waals surface area (Å²) in [5.41, 5.74) is 0.285. The number of sulfone groups is 1. The lowest BCUT2D eigenvalue weighted by atomic mass is 9.88. The summed E-state index contributed by atoms with van der Waals surface area (Å²) in [7, 11) is -7.52. The highest BCUT2D eigenvalue weighted by Crippen LogP contribution is 2.37. The lowest BCUT2D eigenvalue weighted by Gasteiger charge is -2.38. The molecule has 5 rings (SSSR count). The van der Waals surface area contributed by atoms with Crippen LogP contribution in [0.25, 0.3) is 10.9 Å². The predicted molar refractivity (Wildman–Crippen MR) is 152 cm³/mol. The van der Waals surface area contributed by atoms with E-state index in [-0.39, 0.29) is 34.7 Å². The van der Waals surface area contributed by atoms with Crippen LogP contribution in [-0.4, -0.2) is 99.3 Å². The number of sulfonamides is 1. The van der Waals surface area contributed by atoms with E-state index in [2.05, 4.69) is 10.3 Å². The number of nitrogens with zero attached hydrogens (tertiary/aromatic N) is 2. The molecule has 2 fully saturated rings. The Labute approximate surface area is 244 Å². The maximum absolute atomic E-state index is 13.9. The number of hydrogen-bond donors (Lipinski definition) is 3. The third kappa shape index (κ3) is 6.91. The number of ether oxygens (including phenoxy) is 2. The Balaban J connectivity index is 1.10. The number of aromatic nitrogens is 1. The lowest BCUT2D eigenvalue weighted by Crippen LogP contribution is -2.47. The van der Waals surface area contributed by atoms with Crippen molar-refractivity contribution in [2.24, 2.45) is 0 Å². The Kier molecular flexibility index (Phi) is 9.13. The summed E-state index contributed by atoms with van der Waals surface area (Å²) in [6, 6.07) is 11.5. The average molecular weight is 624 g/mol. The number of nitrogens with one attached hydrogen (secondary N) is 1. The zero-order chi connectivity index (χ0) is 30.0. The van der Waals surface area contributed by atoms with Crippen LogP contribution in [0.15, 0.2) is 64.5 Å². The van der Waals surface area contributed by atoms with Gasteiger partial charge in [-0.1, -0.05) is 6.07 Å². The molecule has 3 N–H and O–H groups in total. The molecule has 11 nitrogen and oxygen atoms in total. The molecule has 3 heterocycles. The molecule has 2 aliphatic heterocycles. The van der Waals surface area contributed by atoms with E-state index in [1.165, 1.54) is 4.31 Å². The Bertz CT molecular complexity index is 1630. The molecule has 0 amide bonds. The first-order chi connectivity index (χ1) is 20.0. The Hall–Kier alpha value is -2.72. The Morgan fingerprint density at radius 2 is 1.90 bits per heavy atom. The van der Waals surface area contributed by atoms with Crippen molar-refractivity contribution in [2.45, 2.75) is 46.8 Å². The smallest absolute Gasteiger partial charge is 0.243 e. The maximum Gasteiger partial charge on any atom is 0.243 e. The predicted octanol–water partition coefficient (Wildman–Crippen LogP) is 1.48. The summed E-state index contributed by atoms with van der Waals surface area (Å²) >= 11 is 0. The van der Waals surface area contributed by atoms with Gasteiger partial charge in [0.15, 0.2) is 9.84 Å². The van der Waals surface area contributed by atoms with Gasteiger partial charge in [-0.05, 0) is 55.7 Å². The number of aliphatic hydroxyl groups is 2. The van der Waals surface area contributed by atoms with Gasteiger partial charge in [0, 0.05) is 43.3 Å². The van der Waals surface area contributed by atoms with E-state index < -0.39 is 49.7 Å². The zero-order valence-electron chi connectivity index (χ0n) is 22.9. The average Bonchev–Trinajstić information content (AvgIpc) is 3.36. The van der Waals surface area contributed by atoms with Gasteiger partial charge in [0.05, 0.1) is 39.9 Å². The lowest BCUT2D eigenvalue weighted by molar-refractivity contribution is -0.0312. The fourth-order valence-electron chi connectivity index (χ4n) is 5.41. The molecule has 228 valence electrons. The monoisotopic (exact) mass is 623 g/mol. The number of aliphatic hydroxyl groups excluding tert-OH is 2. The fraction of sp³-hybridized carbons (Fsp3) is 0.464. The van der Waals surface area contributed by atoms with Gasteiger partial charge in [0.25, 0.3) is 0 Å². The van der Waals surface area contributed by atoms with Gasteiger partial charge in [0.1, 0.15) is 24.3 Å². The molecule has 0 aliphatic carbocycles. The van der Waals surface area contributed by atoms with E-state index in [0.717, 1.165) is 29.1 Å². The summed E-state index contributed by atoms with van der Waals surface area (Å²) < 4.78 is 77.9. The summed E-state index contributed by atoms with van der Waals surface area (Å²) in [6.45, 7) is 0.444. The van der Waals surface area contributed by atoms with Crippen LogP contribution in [0.2, 0.25) is 0 Å². The van der Waals surface area contributed by atoms with Crippen molar-refractivity contribution in [1.29, 1.82) is 0 Å². The standard InChI is InChI=1S/C28H34FN3O8S2/c29-21-13-24(15-26(14-21)41(35,36)11-10-33)39-19-23(34)17-31-22-16-28(40-18-22)5-8-32(9-6-28)42(37,38)25-3-4-27-20(12-25)2-1-7-30-27/h1-4,7,12-15,22-23,31,33-34H,5-6,8-11,16-19H2/t22-,23+/m1/s1. The van der Waals surface area contributed by atoms with Crippen molar-refractivity contribution in [1.82, 2.24) is 14.6 Å². The summed E-state index contributed by atoms with van der Waals surface area (Å²) in [6.07, 6.45) is 2.45. The highest BCUT2D eigenvalue weighted by atomic mass is 32.2. The first-order valence-electron chi connectivity index (χ1n) is 13.7. The number of benzene rings is 2. The van der Waals surface area contributed by atoms with Crippen molar-refractivity contribution < 1.29 is 40.9 Å². The first kappa shape index (κ1) is 30.7. The fourth-order valence-corrected chi connectivity index (χ4v) is 7.95.